The van der Waals surface area contributed by atoms with E-state index in [-0.39, 0.29) is 19.8 Å². The largest absolute Gasteiger partial charge is 0.256 e. The van der Waals surface area contributed by atoms with Crippen molar-refractivity contribution in [3.8, 4) is 11.3 Å². The van der Waals surface area contributed by atoms with Crippen LogP contribution in [0.2, 0.25) is 0 Å². The van der Waals surface area contributed by atoms with Crippen LogP contribution in [0.4, 0.5) is 0 Å². The SMILES string of the molecule is [Os].c1ccc(-c2ccccn2)cc1. The molecule has 0 amide bonds. The Labute approximate surface area is 90.9 Å². The molecule has 0 spiro atoms. The van der Waals surface area contributed by atoms with Crippen molar-refractivity contribution in [1.29, 1.82) is 0 Å². The van der Waals surface area contributed by atoms with Crippen molar-refractivity contribution in [3.63, 3.8) is 0 Å². The molecule has 1 aromatic heterocycles. The Bertz CT molecular complexity index is 307. The number of hydrogen-bond donors (Lipinski definition) is 0. The van der Waals surface area contributed by atoms with Gasteiger partial charge in [0.05, 0.1) is 5.69 Å². The van der Waals surface area contributed by atoms with Crippen molar-refractivity contribution in [1.82, 2.24) is 4.98 Å². The van der Waals surface area contributed by atoms with Crippen LogP contribution in [-0.2, 0) is 19.8 Å². The summed E-state index contributed by atoms with van der Waals surface area (Å²) in [6, 6.07) is 16.1. The molecule has 0 atom stereocenters. The molecule has 2 rings (SSSR count). The van der Waals surface area contributed by atoms with Gasteiger partial charge in [0, 0.05) is 31.6 Å². The molecule has 0 aliphatic heterocycles. The van der Waals surface area contributed by atoms with E-state index >= 15 is 0 Å². The summed E-state index contributed by atoms with van der Waals surface area (Å²) in [6.45, 7) is 0. The van der Waals surface area contributed by atoms with Gasteiger partial charge < -0.3 is 0 Å². The van der Waals surface area contributed by atoms with Gasteiger partial charge in [-0.15, -0.1) is 0 Å². The Morgan fingerprint density at radius 3 is 2.08 bits per heavy atom. The Morgan fingerprint density at radius 2 is 1.46 bits per heavy atom. The fraction of sp³-hybridized carbons (Fsp3) is 0. The predicted molar refractivity (Wildman–Crippen MR) is 49.7 cm³/mol. The minimum Gasteiger partial charge on any atom is -0.256 e. The molecule has 0 aliphatic rings. The molecular weight excluding hydrogens is 336 g/mol. The van der Waals surface area contributed by atoms with Crippen LogP contribution in [-0.4, -0.2) is 4.98 Å². The van der Waals surface area contributed by atoms with E-state index in [9.17, 15) is 0 Å². The fourth-order valence-corrected chi connectivity index (χ4v) is 1.14. The van der Waals surface area contributed by atoms with Crippen molar-refractivity contribution in [2.45, 2.75) is 0 Å². The first-order chi connectivity index (χ1) is 5.97. The van der Waals surface area contributed by atoms with E-state index in [0.29, 0.717) is 0 Å². The maximum absolute atomic E-state index is 4.25. The Kier molecular flexibility index (Phi) is 3.80. The van der Waals surface area contributed by atoms with Crippen molar-refractivity contribution < 1.29 is 19.8 Å². The summed E-state index contributed by atoms with van der Waals surface area (Å²) in [6.07, 6.45) is 1.81. The topological polar surface area (TPSA) is 12.9 Å². The second kappa shape index (κ2) is 4.89. The van der Waals surface area contributed by atoms with E-state index in [4.69, 9.17) is 0 Å². The summed E-state index contributed by atoms with van der Waals surface area (Å²) in [5.41, 5.74) is 2.19. The van der Waals surface area contributed by atoms with Crippen LogP contribution < -0.4 is 0 Å². The molecule has 2 heteroatoms. The summed E-state index contributed by atoms with van der Waals surface area (Å²) < 4.78 is 0. The van der Waals surface area contributed by atoms with Crippen molar-refractivity contribution in [2.24, 2.45) is 0 Å². The standard InChI is InChI=1S/C11H9N.Os/c1-2-6-10(7-3-1)11-8-4-5-9-12-11;/h1-9H;. The number of rotatable bonds is 1. The first-order valence-corrected chi connectivity index (χ1v) is 3.93. The van der Waals surface area contributed by atoms with Gasteiger partial charge in [-0.2, -0.15) is 0 Å². The molecule has 0 radical (unpaired) electrons. The number of pyridine rings is 1. The van der Waals surface area contributed by atoms with Gasteiger partial charge in [-0.05, 0) is 12.1 Å². The Hall–Kier alpha value is -0.994. The van der Waals surface area contributed by atoms with Gasteiger partial charge in [0.2, 0.25) is 0 Å². The summed E-state index contributed by atoms with van der Waals surface area (Å²) in [4.78, 5) is 4.25. The van der Waals surface area contributed by atoms with Crippen LogP contribution in [0.15, 0.2) is 54.7 Å². The molecule has 1 nitrogen and oxygen atoms in total. The summed E-state index contributed by atoms with van der Waals surface area (Å²) in [5.74, 6) is 0. The second-order valence-electron chi connectivity index (χ2n) is 2.58. The van der Waals surface area contributed by atoms with Crippen molar-refractivity contribution in [3.05, 3.63) is 54.7 Å². The fourth-order valence-electron chi connectivity index (χ4n) is 1.14. The van der Waals surface area contributed by atoms with E-state index < -0.39 is 0 Å². The molecule has 66 valence electrons. The zero-order valence-corrected chi connectivity index (χ0v) is 9.54. The minimum atomic E-state index is 0. The molecule has 0 saturated heterocycles. The van der Waals surface area contributed by atoms with E-state index in [0.717, 1.165) is 11.3 Å². The van der Waals surface area contributed by atoms with E-state index in [1.165, 1.54) is 0 Å². The zero-order valence-electron chi connectivity index (χ0n) is 7.00. The molecule has 0 N–H and O–H groups in total. The third-order valence-electron chi connectivity index (χ3n) is 1.73. The van der Waals surface area contributed by atoms with Crippen LogP contribution in [0.5, 0.6) is 0 Å². The Morgan fingerprint density at radius 1 is 0.769 bits per heavy atom. The minimum absolute atomic E-state index is 0. The van der Waals surface area contributed by atoms with Crippen LogP contribution in [0.1, 0.15) is 0 Å². The molecule has 0 fully saturated rings. The molecule has 0 saturated carbocycles. The van der Waals surface area contributed by atoms with E-state index in [1.807, 2.05) is 42.6 Å². The molecular formula is C11H9NOs. The van der Waals surface area contributed by atoms with Crippen LogP contribution >= 0.6 is 0 Å². The van der Waals surface area contributed by atoms with Gasteiger partial charge in [-0.3, -0.25) is 4.98 Å². The molecule has 2 aromatic rings. The van der Waals surface area contributed by atoms with Crippen molar-refractivity contribution >= 4 is 0 Å². The molecule has 0 unspecified atom stereocenters. The second-order valence-corrected chi connectivity index (χ2v) is 2.58. The third-order valence-corrected chi connectivity index (χ3v) is 1.73. The van der Waals surface area contributed by atoms with Gasteiger partial charge in [0.1, 0.15) is 0 Å². The van der Waals surface area contributed by atoms with Crippen molar-refractivity contribution in [2.75, 3.05) is 0 Å². The Balaban J connectivity index is 0.000000845. The smallest absolute Gasteiger partial charge is 0.0701 e. The number of benzene rings is 1. The van der Waals surface area contributed by atoms with Gasteiger partial charge in [-0.25, -0.2) is 0 Å². The first-order valence-electron chi connectivity index (χ1n) is 3.93. The van der Waals surface area contributed by atoms with Crippen LogP contribution in [0.25, 0.3) is 11.3 Å². The summed E-state index contributed by atoms with van der Waals surface area (Å²) in [5, 5.41) is 0. The molecule has 0 bridgehead atoms. The monoisotopic (exact) mass is 347 g/mol. The quantitative estimate of drug-likeness (QED) is 0.774. The summed E-state index contributed by atoms with van der Waals surface area (Å²) >= 11 is 0. The van der Waals surface area contributed by atoms with Gasteiger partial charge in [0.25, 0.3) is 0 Å². The maximum Gasteiger partial charge on any atom is 0.0701 e. The number of hydrogen-bond acceptors (Lipinski definition) is 1. The third kappa shape index (κ3) is 2.47. The average molecular weight is 345 g/mol. The summed E-state index contributed by atoms with van der Waals surface area (Å²) in [7, 11) is 0. The van der Waals surface area contributed by atoms with E-state index in [2.05, 4.69) is 17.1 Å². The van der Waals surface area contributed by atoms with Gasteiger partial charge >= 0.3 is 0 Å². The number of nitrogens with zero attached hydrogens (tertiary/aromatic N) is 1. The molecule has 0 aliphatic carbocycles. The van der Waals surface area contributed by atoms with E-state index in [1.54, 1.807) is 0 Å². The van der Waals surface area contributed by atoms with Crippen LogP contribution in [0.3, 0.4) is 0 Å². The van der Waals surface area contributed by atoms with Crippen LogP contribution in [0, 0.1) is 0 Å². The molecule has 13 heavy (non-hydrogen) atoms. The number of aromatic nitrogens is 1. The molecule has 1 aromatic carbocycles. The maximum atomic E-state index is 4.25. The van der Waals surface area contributed by atoms with Gasteiger partial charge in [-0.1, -0.05) is 36.4 Å². The predicted octanol–water partition coefficient (Wildman–Crippen LogP) is 2.75. The molecule has 1 heterocycles. The van der Waals surface area contributed by atoms with Gasteiger partial charge in [0.15, 0.2) is 0 Å². The zero-order chi connectivity index (χ0) is 8.23. The normalized spacial score (nSPS) is 8.92. The first kappa shape index (κ1) is 10.1. The average Bonchev–Trinajstić information content (AvgIpc) is 2.21.